The van der Waals surface area contributed by atoms with E-state index in [1.807, 2.05) is 36.4 Å². The van der Waals surface area contributed by atoms with Crippen molar-refractivity contribution in [1.82, 2.24) is 4.90 Å². The van der Waals surface area contributed by atoms with Gasteiger partial charge in [0.1, 0.15) is 0 Å². The Balaban J connectivity index is 1.42. The van der Waals surface area contributed by atoms with Gasteiger partial charge in [0.15, 0.2) is 0 Å². The fourth-order valence-corrected chi connectivity index (χ4v) is 4.64. The molecule has 1 saturated heterocycles. The molecular weight excluding hydrogens is 470 g/mol. The van der Waals surface area contributed by atoms with Crippen molar-refractivity contribution in [3.8, 4) is 0 Å². The molecule has 0 unspecified atom stereocenters. The molecule has 0 aliphatic carbocycles. The third-order valence-corrected chi connectivity index (χ3v) is 6.62. The van der Waals surface area contributed by atoms with Gasteiger partial charge in [-0.25, -0.2) is 0 Å². The van der Waals surface area contributed by atoms with Gasteiger partial charge in [-0.1, -0.05) is 28.1 Å². The Morgan fingerprint density at radius 1 is 1.22 bits per heavy atom. The second kappa shape index (κ2) is 10.4. The average Bonchev–Trinajstić information content (AvgIpc) is 2.99. The number of benzene rings is 2. The lowest BCUT2D eigenvalue weighted by molar-refractivity contribution is -0.113. The fourth-order valence-electron chi connectivity index (χ4n) is 4.26. The molecule has 0 bridgehead atoms. The van der Waals surface area contributed by atoms with Gasteiger partial charge >= 0.3 is 0 Å². The first-order valence-corrected chi connectivity index (χ1v) is 11.7. The van der Waals surface area contributed by atoms with Crippen LogP contribution in [0.3, 0.4) is 0 Å². The van der Waals surface area contributed by atoms with E-state index in [1.54, 1.807) is 4.90 Å². The van der Waals surface area contributed by atoms with Gasteiger partial charge in [-0.2, -0.15) is 0 Å². The zero-order valence-corrected chi connectivity index (χ0v) is 19.8. The molecule has 0 aromatic heterocycles. The molecule has 0 saturated carbocycles. The summed E-state index contributed by atoms with van der Waals surface area (Å²) in [6.07, 6.45) is 5.32. The summed E-state index contributed by atoms with van der Waals surface area (Å²) in [5, 5.41) is 3.01. The third kappa shape index (κ3) is 5.46. The van der Waals surface area contributed by atoms with Crippen LogP contribution in [0.1, 0.15) is 30.4 Å². The molecule has 6 nitrogen and oxygen atoms in total. The third-order valence-electron chi connectivity index (χ3n) is 6.13. The first kappa shape index (κ1) is 22.7. The Hall–Kier alpha value is -2.48. The van der Waals surface area contributed by atoms with E-state index in [0.29, 0.717) is 24.6 Å². The number of halogens is 1. The molecule has 2 aromatic carbocycles. The van der Waals surface area contributed by atoms with Crippen molar-refractivity contribution >= 4 is 45.7 Å². The fraction of sp³-hybridized carbons (Fsp3) is 0.360. The van der Waals surface area contributed by atoms with Gasteiger partial charge < -0.3 is 15.0 Å². The molecule has 2 aliphatic heterocycles. The van der Waals surface area contributed by atoms with Crippen LogP contribution in [0.15, 0.2) is 52.5 Å². The van der Waals surface area contributed by atoms with Gasteiger partial charge in [-0.15, -0.1) is 0 Å². The number of anilines is 2. The summed E-state index contributed by atoms with van der Waals surface area (Å²) >= 11 is 3.47. The lowest BCUT2D eigenvalue weighted by atomic mass is 10.1. The summed E-state index contributed by atoms with van der Waals surface area (Å²) in [5.41, 5.74) is 4.28. The second-order valence-electron chi connectivity index (χ2n) is 8.33. The number of hydrogen-bond donors (Lipinski definition) is 1. The van der Waals surface area contributed by atoms with Crippen molar-refractivity contribution in [2.24, 2.45) is 0 Å². The lowest BCUT2D eigenvalue weighted by Crippen LogP contribution is -2.36. The molecule has 4 rings (SSSR count). The summed E-state index contributed by atoms with van der Waals surface area (Å²) in [6, 6.07) is 14.3. The van der Waals surface area contributed by atoms with Crippen LogP contribution in [0.25, 0.3) is 6.08 Å². The minimum Gasteiger partial charge on any atom is -0.381 e. The molecule has 1 N–H and O–H groups in total. The Morgan fingerprint density at radius 3 is 2.69 bits per heavy atom. The Morgan fingerprint density at radius 2 is 1.97 bits per heavy atom. The van der Waals surface area contributed by atoms with Crippen LogP contribution in [0, 0.1) is 0 Å². The molecule has 32 heavy (non-hydrogen) atoms. The predicted octanol–water partition coefficient (Wildman–Crippen LogP) is 4.45. The topological polar surface area (TPSA) is 61.9 Å². The van der Waals surface area contributed by atoms with E-state index in [2.05, 4.69) is 45.3 Å². The Bertz CT molecular complexity index is 1000. The Kier molecular flexibility index (Phi) is 7.40. The summed E-state index contributed by atoms with van der Waals surface area (Å²) in [6.45, 7) is 3.01. The van der Waals surface area contributed by atoms with Crippen LogP contribution in [0.5, 0.6) is 0 Å². The highest BCUT2D eigenvalue weighted by Crippen LogP contribution is 2.30. The van der Waals surface area contributed by atoms with Crippen molar-refractivity contribution in [2.75, 3.05) is 37.0 Å². The van der Waals surface area contributed by atoms with Gasteiger partial charge in [-0.05, 0) is 73.8 Å². The van der Waals surface area contributed by atoms with E-state index in [1.165, 1.54) is 5.56 Å². The summed E-state index contributed by atoms with van der Waals surface area (Å²) < 4.78 is 6.36. The van der Waals surface area contributed by atoms with Crippen LogP contribution in [0.2, 0.25) is 0 Å². The quantitative estimate of drug-likeness (QED) is 0.598. The smallest absolute Gasteiger partial charge is 0.251 e. The van der Waals surface area contributed by atoms with E-state index in [0.717, 1.165) is 60.4 Å². The maximum Gasteiger partial charge on any atom is 0.251 e. The van der Waals surface area contributed by atoms with E-state index in [4.69, 9.17) is 4.74 Å². The monoisotopic (exact) mass is 497 g/mol. The highest BCUT2D eigenvalue weighted by molar-refractivity contribution is 9.10. The highest BCUT2D eigenvalue weighted by atomic mass is 79.9. The van der Waals surface area contributed by atoms with Crippen LogP contribution < -0.4 is 10.2 Å². The van der Waals surface area contributed by atoms with Gasteiger partial charge in [0.05, 0.1) is 5.69 Å². The van der Waals surface area contributed by atoms with Crippen molar-refractivity contribution < 1.29 is 14.3 Å². The molecule has 1 fully saturated rings. The normalized spacial score (nSPS) is 16.8. The van der Waals surface area contributed by atoms with Gasteiger partial charge in [0.2, 0.25) is 6.41 Å². The maximum atomic E-state index is 13.0. The number of nitrogens with one attached hydrogen (secondary N) is 1. The van der Waals surface area contributed by atoms with Crippen molar-refractivity contribution in [3.05, 3.63) is 63.6 Å². The molecule has 168 valence electrons. The van der Waals surface area contributed by atoms with E-state index >= 15 is 0 Å². The molecule has 2 aromatic rings. The number of hydrogen-bond acceptors (Lipinski definition) is 4. The maximum absolute atomic E-state index is 13.0. The summed E-state index contributed by atoms with van der Waals surface area (Å²) in [4.78, 5) is 28.5. The second-order valence-corrected chi connectivity index (χ2v) is 9.25. The highest BCUT2D eigenvalue weighted by Gasteiger charge is 2.20. The number of ether oxygens (including phenoxy) is 1. The molecule has 2 aliphatic rings. The summed E-state index contributed by atoms with van der Waals surface area (Å²) in [7, 11) is 2.16. The standard InChI is InChI=1S/C25H28BrN3O3/c1-28(23-9-12-32-13-10-23)16-18-2-5-22(6-3-18)27-25(31)19-8-11-29(17-30)24-7-4-21(26)15-20(24)14-19/h2-7,14-15,17,23H,8-13,16H2,1H3,(H,27,31). The minimum absolute atomic E-state index is 0.143. The average molecular weight is 498 g/mol. The van der Waals surface area contributed by atoms with Gasteiger partial charge in [0.25, 0.3) is 5.91 Å². The number of rotatable bonds is 6. The van der Waals surface area contributed by atoms with Crippen LogP contribution in [0.4, 0.5) is 11.4 Å². The van der Waals surface area contributed by atoms with Gasteiger partial charge in [0, 0.05) is 48.1 Å². The number of nitrogens with zero attached hydrogens (tertiary/aromatic N) is 2. The zero-order chi connectivity index (χ0) is 22.5. The SMILES string of the molecule is CN(Cc1ccc(NC(=O)C2=Cc3cc(Br)ccc3N(C=O)CC2)cc1)C1CCOCC1. The van der Waals surface area contributed by atoms with Crippen molar-refractivity contribution in [1.29, 1.82) is 0 Å². The largest absolute Gasteiger partial charge is 0.381 e. The van der Waals surface area contributed by atoms with E-state index in [9.17, 15) is 9.59 Å². The molecule has 2 amide bonds. The number of fused-ring (bicyclic) bond motifs is 1. The molecule has 0 spiro atoms. The number of carbonyl (C=O) groups is 2. The molecule has 0 atom stereocenters. The molecule has 0 radical (unpaired) electrons. The van der Waals surface area contributed by atoms with Gasteiger partial charge in [-0.3, -0.25) is 14.5 Å². The predicted molar refractivity (Wildman–Crippen MR) is 131 cm³/mol. The van der Waals surface area contributed by atoms with Crippen LogP contribution >= 0.6 is 15.9 Å². The minimum atomic E-state index is -0.143. The zero-order valence-electron chi connectivity index (χ0n) is 18.2. The molecule has 7 heteroatoms. The van der Waals surface area contributed by atoms with Crippen molar-refractivity contribution in [3.63, 3.8) is 0 Å². The van der Waals surface area contributed by atoms with Crippen LogP contribution in [-0.4, -0.2) is 50.1 Å². The summed E-state index contributed by atoms with van der Waals surface area (Å²) in [5.74, 6) is -0.143. The lowest BCUT2D eigenvalue weighted by Gasteiger charge is -2.31. The Labute approximate surface area is 197 Å². The van der Waals surface area contributed by atoms with E-state index < -0.39 is 0 Å². The first-order valence-electron chi connectivity index (χ1n) is 10.9. The molecular formula is C25H28BrN3O3. The van der Waals surface area contributed by atoms with Crippen LogP contribution in [-0.2, 0) is 20.9 Å². The number of carbonyl (C=O) groups excluding carboxylic acids is 2. The first-order chi connectivity index (χ1) is 15.5. The van der Waals surface area contributed by atoms with Crippen molar-refractivity contribution in [2.45, 2.75) is 31.8 Å². The molecule has 2 heterocycles. The number of amides is 2. The van der Waals surface area contributed by atoms with E-state index in [-0.39, 0.29) is 5.91 Å².